The summed E-state index contributed by atoms with van der Waals surface area (Å²) in [5.41, 5.74) is 2.00. The Balaban J connectivity index is 1.38. The summed E-state index contributed by atoms with van der Waals surface area (Å²) < 4.78 is 28.0. The van der Waals surface area contributed by atoms with Crippen LogP contribution in [0.5, 0.6) is 0 Å². The van der Waals surface area contributed by atoms with Crippen LogP contribution in [-0.2, 0) is 6.42 Å². The Morgan fingerprint density at radius 1 is 1.11 bits per heavy atom. The molecule has 0 aliphatic heterocycles. The number of nitrogens with one attached hydrogen (secondary N) is 2. The van der Waals surface area contributed by atoms with Gasteiger partial charge in [0.25, 0.3) is 0 Å². The van der Waals surface area contributed by atoms with Crippen LogP contribution >= 0.6 is 11.3 Å². The van der Waals surface area contributed by atoms with Gasteiger partial charge in [-0.05, 0) is 36.4 Å². The predicted octanol–water partition coefficient (Wildman–Crippen LogP) is 4.10. The van der Waals surface area contributed by atoms with Crippen LogP contribution in [0.4, 0.5) is 19.3 Å². The minimum Gasteiger partial charge on any atom is -0.337 e. The van der Waals surface area contributed by atoms with Gasteiger partial charge in [-0.2, -0.15) is 4.98 Å². The number of carbonyl (C=O) groups is 1. The summed E-state index contributed by atoms with van der Waals surface area (Å²) in [7, 11) is 0. The van der Waals surface area contributed by atoms with Gasteiger partial charge in [0.2, 0.25) is 4.96 Å². The minimum atomic E-state index is -0.378. The van der Waals surface area contributed by atoms with Crippen molar-refractivity contribution in [2.45, 2.75) is 6.42 Å². The standard InChI is InChI=1S/C19H15F2N5OS/c20-13-4-6-15(7-5-13)23-18(27)22-9-8-16-11-28-19-24-17(25-26(16)19)12-2-1-3-14(21)10-12/h1-7,10-11H,8-9H2,(H2,22,23,27). The summed E-state index contributed by atoms with van der Waals surface area (Å²) in [5.74, 6) is -0.250. The molecule has 2 heterocycles. The lowest BCUT2D eigenvalue weighted by molar-refractivity contribution is 0.252. The van der Waals surface area contributed by atoms with Crippen LogP contribution in [-0.4, -0.2) is 27.2 Å². The number of anilines is 1. The van der Waals surface area contributed by atoms with Crippen molar-refractivity contribution in [3.8, 4) is 11.4 Å². The highest BCUT2D eigenvalue weighted by molar-refractivity contribution is 7.15. The molecule has 2 N–H and O–H groups in total. The van der Waals surface area contributed by atoms with Crippen LogP contribution < -0.4 is 10.6 Å². The zero-order chi connectivity index (χ0) is 19.5. The normalized spacial score (nSPS) is 10.9. The zero-order valence-electron chi connectivity index (χ0n) is 14.5. The van der Waals surface area contributed by atoms with Crippen molar-refractivity contribution in [1.82, 2.24) is 19.9 Å². The second-order valence-corrected chi connectivity index (χ2v) is 6.84. The Bertz CT molecular complexity index is 1120. The lowest BCUT2D eigenvalue weighted by Crippen LogP contribution is -2.30. The number of rotatable bonds is 5. The number of amides is 2. The van der Waals surface area contributed by atoms with Crippen molar-refractivity contribution < 1.29 is 13.6 Å². The molecule has 4 aromatic rings. The van der Waals surface area contributed by atoms with Crippen LogP contribution in [0.2, 0.25) is 0 Å². The van der Waals surface area contributed by atoms with E-state index in [1.165, 1.54) is 47.7 Å². The topological polar surface area (TPSA) is 71.3 Å². The van der Waals surface area contributed by atoms with Gasteiger partial charge in [-0.3, -0.25) is 0 Å². The van der Waals surface area contributed by atoms with E-state index in [1.807, 2.05) is 5.38 Å². The van der Waals surface area contributed by atoms with E-state index in [1.54, 1.807) is 16.6 Å². The fraction of sp³-hybridized carbons (Fsp3) is 0.105. The number of hydrogen-bond donors (Lipinski definition) is 2. The molecule has 0 radical (unpaired) electrons. The molecule has 0 atom stereocenters. The Morgan fingerprint density at radius 2 is 1.93 bits per heavy atom. The molecule has 0 bridgehead atoms. The molecular weight excluding hydrogens is 384 g/mol. The molecule has 0 aliphatic rings. The molecule has 2 aromatic heterocycles. The van der Waals surface area contributed by atoms with E-state index in [9.17, 15) is 13.6 Å². The monoisotopic (exact) mass is 399 g/mol. The third kappa shape index (κ3) is 3.99. The molecule has 142 valence electrons. The first-order valence-electron chi connectivity index (χ1n) is 8.48. The molecular formula is C19H15F2N5OS. The van der Waals surface area contributed by atoms with Gasteiger partial charge < -0.3 is 10.6 Å². The maximum absolute atomic E-state index is 13.4. The van der Waals surface area contributed by atoms with Gasteiger partial charge in [-0.1, -0.05) is 12.1 Å². The molecule has 0 unspecified atom stereocenters. The van der Waals surface area contributed by atoms with Gasteiger partial charge in [0.15, 0.2) is 5.82 Å². The first-order valence-corrected chi connectivity index (χ1v) is 9.36. The maximum Gasteiger partial charge on any atom is 0.319 e. The van der Waals surface area contributed by atoms with Gasteiger partial charge in [0.05, 0.1) is 5.69 Å². The SMILES string of the molecule is O=C(NCCc1csc2nc(-c3cccc(F)c3)nn12)Nc1ccc(F)cc1. The van der Waals surface area contributed by atoms with E-state index in [4.69, 9.17) is 0 Å². The lowest BCUT2D eigenvalue weighted by Gasteiger charge is -2.07. The number of aromatic nitrogens is 3. The highest BCUT2D eigenvalue weighted by atomic mass is 32.1. The first kappa shape index (κ1) is 18.1. The van der Waals surface area contributed by atoms with Crippen LogP contribution in [0.1, 0.15) is 5.69 Å². The number of carbonyl (C=O) groups excluding carboxylic acids is 1. The minimum absolute atomic E-state index is 0.341. The number of urea groups is 1. The van der Waals surface area contributed by atoms with Crippen molar-refractivity contribution in [3.05, 3.63) is 71.2 Å². The summed E-state index contributed by atoms with van der Waals surface area (Å²) in [6.45, 7) is 0.383. The molecule has 0 saturated carbocycles. The van der Waals surface area contributed by atoms with Crippen LogP contribution in [0.3, 0.4) is 0 Å². The van der Waals surface area contributed by atoms with Crippen molar-refractivity contribution in [2.75, 3.05) is 11.9 Å². The number of hydrogen-bond acceptors (Lipinski definition) is 4. The third-order valence-electron chi connectivity index (χ3n) is 4.00. The summed E-state index contributed by atoms with van der Waals surface area (Å²) in [6, 6.07) is 11.3. The number of thiazole rings is 1. The summed E-state index contributed by atoms with van der Waals surface area (Å²) >= 11 is 1.43. The fourth-order valence-electron chi connectivity index (χ4n) is 2.66. The maximum atomic E-state index is 13.4. The zero-order valence-corrected chi connectivity index (χ0v) is 15.3. The van der Waals surface area contributed by atoms with Crippen LogP contribution in [0.15, 0.2) is 53.9 Å². The second-order valence-electron chi connectivity index (χ2n) is 6.00. The predicted molar refractivity (Wildman–Crippen MR) is 103 cm³/mol. The van der Waals surface area contributed by atoms with Gasteiger partial charge in [-0.25, -0.2) is 18.1 Å². The molecule has 0 fully saturated rings. The molecule has 0 aliphatic carbocycles. The van der Waals surface area contributed by atoms with E-state index >= 15 is 0 Å². The van der Waals surface area contributed by atoms with Crippen molar-refractivity contribution in [1.29, 1.82) is 0 Å². The molecule has 2 aromatic carbocycles. The van der Waals surface area contributed by atoms with E-state index in [0.717, 1.165) is 5.69 Å². The molecule has 28 heavy (non-hydrogen) atoms. The van der Waals surface area contributed by atoms with E-state index in [-0.39, 0.29) is 17.7 Å². The Kier molecular flexibility index (Phi) is 4.98. The highest BCUT2D eigenvalue weighted by Crippen LogP contribution is 2.21. The van der Waals surface area contributed by atoms with Gasteiger partial charge >= 0.3 is 6.03 Å². The molecule has 0 saturated heterocycles. The quantitative estimate of drug-likeness (QED) is 0.531. The average Bonchev–Trinajstić information content (AvgIpc) is 3.25. The van der Waals surface area contributed by atoms with E-state index in [0.29, 0.717) is 35.0 Å². The molecule has 0 spiro atoms. The lowest BCUT2D eigenvalue weighted by atomic mass is 10.2. The van der Waals surface area contributed by atoms with Crippen LogP contribution in [0.25, 0.3) is 16.3 Å². The summed E-state index contributed by atoms with van der Waals surface area (Å²) in [5, 5.41) is 11.7. The van der Waals surface area contributed by atoms with Crippen LogP contribution in [0, 0.1) is 11.6 Å². The smallest absolute Gasteiger partial charge is 0.319 e. The Hall–Kier alpha value is -3.33. The van der Waals surface area contributed by atoms with Crippen molar-refractivity contribution in [2.24, 2.45) is 0 Å². The Morgan fingerprint density at radius 3 is 2.71 bits per heavy atom. The van der Waals surface area contributed by atoms with E-state index in [2.05, 4.69) is 20.7 Å². The van der Waals surface area contributed by atoms with Gasteiger partial charge in [-0.15, -0.1) is 16.4 Å². The average molecular weight is 399 g/mol. The first-order chi connectivity index (χ1) is 13.6. The molecule has 9 heteroatoms. The van der Waals surface area contributed by atoms with Gasteiger partial charge in [0.1, 0.15) is 11.6 Å². The van der Waals surface area contributed by atoms with Gasteiger partial charge in [0, 0.05) is 29.6 Å². The molecule has 6 nitrogen and oxygen atoms in total. The second kappa shape index (κ2) is 7.73. The molecule has 4 rings (SSSR count). The molecule has 2 amide bonds. The van der Waals surface area contributed by atoms with Crippen molar-refractivity contribution >= 4 is 28.0 Å². The number of halogens is 2. The van der Waals surface area contributed by atoms with E-state index < -0.39 is 0 Å². The largest absolute Gasteiger partial charge is 0.337 e. The fourth-order valence-corrected chi connectivity index (χ4v) is 3.52. The van der Waals surface area contributed by atoms with Crippen molar-refractivity contribution in [3.63, 3.8) is 0 Å². The Labute approximate surface area is 162 Å². The highest BCUT2D eigenvalue weighted by Gasteiger charge is 2.12. The number of nitrogens with zero attached hydrogens (tertiary/aromatic N) is 3. The summed E-state index contributed by atoms with van der Waals surface area (Å²) in [6.07, 6.45) is 0.544. The number of benzene rings is 2. The number of fused-ring (bicyclic) bond motifs is 1. The third-order valence-corrected chi connectivity index (χ3v) is 4.87. The summed E-state index contributed by atoms with van der Waals surface area (Å²) in [4.78, 5) is 17.1.